The van der Waals surface area contributed by atoms with Crippen molar-refractivity contribution in [2.24, 2.45) is 0 Å². The average Bonchev–Trinajstić information content (AvgIpc) is 3.44. The number of benzene rings is 2. The third-order valence-electron chi connectivity index (χ3n) is 5.36. The van der Waals surface area contributed by atoms with E-state index in [1.165, 1.54) is 0 Å². The zero-order chi connectivity index (χ0) is 20.8. The van der Waals surface area contributed by atoms with E-state index in [4.69, 9.17) is 4.42 Å². The van der Waals surface area contributed by atoms with E-state index < -0.39 is 6.04 Å². The van der Waals surface area contributed by atoms with Crippen LogP contribution >= 0.6 is 0 Å². The average molecular weight is 401 g/mol. The third-order valence-corrected chi connectivity index (χ3v) is 5.36. The molecular formula is C23H19N3O4. The molecule has 0 spiro atoms. The molecule has 150 valence electrons. The summed E-state index contributed by atoms with van der Waals surface area (Å²) in [5, 5.41) is 27.8. The summed E-state index contributed by atoms with van der Waals surface area (Å²) in [5.74, 6) is 0.614. The monoisotopic (exact) mass is 401 g/mol. The van der Waals surface area contributed by atoms with Crippen molar-refractivity contribution in [1.82, 2.24) is 15.1 Å². The van der Waals surface area contributed by atoms with Gasteiger partial charge in [-0.3, -0.25) is 9.89 Å². The summed E-state index contributed by atoms with van der Waals surface area (Å²) in [6, 6.07) is 15.2. The number of aromatic nitrogens is 2. The van der Waals surface area contributed by atoms with Gasteiger partial charge in [-0.05, 0) is 48.9 Å². The zero-order valence-electron chi connectivity index (χ0n) is 16.2. The number of aromatic hydroxyl groups is 2. The molecule has 4 aromatic rings. The van der Waals surface area contributed by atoms with E-state index in [9.17, 15) is 15.0 Å². The minimum absolute atomic E-state index is 0.0847. The quantitative estimate of drug-likeness (QED) is 0.477. The highest BCUT2D eigenvalue weighted by molar-refractivity contribution is 6.00. The van der Waals surface area contributed by atoms with Crippen LogP contribution in [0.15, 0.2) is 65.3 Å². The fourth-order valence-electron chi connectivity index (χ4n) is 4.02. The standard InChI is InChI=1S/C23H19N3O4/c1-13-7-8-18(28)17(10-13)20-19-21(25-24-20)23(29)26(12-16-6-3-9-30-16)22(19)14-4-2-5-15(27)11-14/h2-11,22,27-28H,12H2,1H3,(H,24,25). The molecule has 7 nitrogen and oxygen atoms in total. The Morgan fingerprint density at radius 2 is 2.00 bits per heavy atom. The predicted octanol–water partition coefficient (Wildman–Crippen LogP) is 4.13. The van der Waals surface area contributed by atoms with Crippen LogP contribution in [0, 0.1) is 6.92 Å². The van der Waals surface area contributed by atoms with Crippen LogP contribution in [0.5, 0.6) is 11.5 Å². The van der Waals surface area contributed by atoms with E-state index in [-0.39, 0.29) is 24.0 Å². The fraction of sp³-hybridized carbons (Fsp3) is 0.130. The van der Waals surface area contributed by atoms with Gasteiger partial charge in [0.05, 0.1) is 18.8 Å². The molecule has 5 rings (SSSR count). The number of aryl methyl sites for hydroxylation is 1. The van der Waals surface area contributed by atoms with Crippen molar-refractivity contribution in [1.29, 1.82) is 0 Å². The van der Waals surface area contributed by atoms with Crippen molar-refractivity contribution in [3.8, 4) is 22.8 Å². The van der Waals surface area contributed by atoms with Crippen LogP contribution in [-0.2, 0) is 6.54 Å². The molecule has 1 atom stereocenters. The number of rotatable bonds is 4. The molecule has 30 heavy (non-hydrogen) atoms. The number of carbonyl (C=O) groups excluding carboxylic acids is 1. The molecule has 0 saturated carbocycles. The molecule has 1 unspecified atom stereocenters. The summed E-state index contributed by atoms with van der Waals surface area (Å²) in [6.07, 6.45) is 1.57. The van der Waals surface area contributed by atoms with Gasteiger partial charge in [-0.15, -0.1) is 0 Å². The summed E-state index contributed by atoms with van der Waals surface area (Å²) in [4.78, 5) is 14.9. The van der Waals surface area contributed by atoms with Crippen LogP contribution in [-0.4, -0.2) is 31.2 Å². The Kier molecular flexibility index (Phi) is 4.10. The van der Waals surface area contributed by atoms with Crippen molar-refractivity contribution < 1.29 is 19.4 Å². The third kappa shape index (κ3) is 2.83. The van der Waals surface area contributed by atoms with Gasteiger partial charge in [0.25, 0.3) is 5.91 Å². The van der Waals surface area contributed by atoms with Gasteiger partial charge in [-0.25, -0.2) is 0 Å². The number of hydrogen-bond acceptors (Lipinski definition) is 5. The first-order valence-corrected chi connectivity index (χ1v) is 9.53. The highest BCUT2D eigenvalue weighted by atomic mass is 16.3. The van der Waals surface area contributed by atoms with E-state index >= 15 is 0 Å². The normalized spacial score (nSPS) is 15.6. The Morgan fingerprint density at radius 1 is 1.13 bits per heavy atom. The first-order chi connectivity index (χ1) is 14.5. The lowest BCUT2D eigenvalue weighted by atomic mass is 9.95. The van der Waals surface area contributed by atoms with E-state index in [1.807, 2.05) is 31.2 Å². The molecular weight excluding hydrogens is 382 g/mol. The van der Waals surface area contributed by atoms with Crippen LogP contribution in [0.1, 0.15) is 39.0 Å². The van der Waals surface area contributed by atoms with E-state index in [0.717, 1.165) is 11.1 Å². The first kappa shape index (κ1) is 18.1. The van der Waals surface area contributed by atoms with Gasteiger partial charge < -0.3 is 19.5 Å². The molecule has 1 aliphatic rings. The van der Waals surface area contributed by atoms with Gasteiger partial charge in [-0.2, -0.15) is 5.10 Å². The number of amides is 1. The molecule has 2 aromatic carbocycles. The lowest BCUT2D eigenvalue weighted by molar-refractivity contribution is 0.0716. The second-order valence-corrected chi connectivity index (χ2v) is 7.39. The smallest absolute Gasteiger partial charge is 0.273 e. The van der Waals surface area contributed by atoms with Gasteiger partial charge in [0.15, 0.2) is 0 Å². The predicted molar refractivity (Wildman–Crippen MR) is 109 cm³/mol. The largest absolute Gasteiger partial charge is 0.508 e. The summed E-state index contributed by atoms with van der Waals surface area (Å²) in [6.45, 7) is 2.19. The zero-order valence-corrected chi connectivity index (χ0v) is 16.2. The van der Waals surface area contributed by atoms with Crippen LogP contribution in [0.25, 0.3) is 11.3 Å². The molecule has 0 fully saturated rings. The number of H-pyrrole nitrogens is 1. The maximum Gasteiger partial charge on any atom is 0.273 e. The van der Waals surface area contributed by atoms with Crippen LogP contribution in [0.3, 0.4) is 0 Å². The first-order valence-electron chi connectivity index (χ1n) is 9.53. The maximum atomic E-state index is 13.3. The minimum atomic E-state index is -0.502. The number of furan rings is 1. The molecule has 3 heterocycles. The number of aromatic amines is 1. The number of nitrogens with zero attached hydrogens (tertiary/aromatic N) is 2. The van der Waals surface area contributed by atoms with Gasteiger partial charge in [-0.1, -0.05) is 23.8 Å². The SMILES string of the molecule is Cc1ccc(O)c(-c2n[nH]c3c2C(c2cccc(O)c2)N(Cc2ccco2)C3=O)c1. The van der Waals surface area contributed by atoms with Crippen molar-refractivity contribution in [3.63, 3.8) is 0 Å². The van der Waals surface area contributed by atoms with E-state index in [2.05, 4.69) is 10.2 Å². The van der Waals surface area contributed by atoms with Crippen LogP contribution in [0.2, 0.25) is 0 Å². The number of phenols is 2. The number of fused-ring (bicyclic) bond motifs is 1. The van der Waals surface area contributed by atoms with E-state index in [1.54, 1.807) is 41.5 Å². The fourth-order valence-corrected chi connectivity index (χ4v) is 4.02. The second-order valence-electron chi connectivity index (χ2n) is 7.39. The highest BCUT2D eigenvalue weighted by Gasteiger charge is 2.43. The molecule has 0 bridgehead atoms. The maximum absolute atomic E-state index is 13.3. The molecule has 1 aliphatic heterocycles. The minimum Gasteiger partial charge on any atom is -0.508 e. The van der Waals surface area contributed by atoms with Gasteiger partial charge >= 0.3 is 0 Å². The molecule has 3 N–H and O–H groups in total. The van der Waals surface area contributed by atoms with Crippen molar-refractivity contribution in [3.05, 3.63) is 89.0 Å². The molecule has 7 heteroatoms. The van der Waals surface area contributed by atoms with Crippen molar-refractivity contribution in [2.45, 2.75) is 19.5 Å². The van der Waals surface area contributed by atoms with Gasteiger partial charge in [0.1, 0.15) is 28.6 Å². The van der Waals surface area contributed by atoms with Gasteiger partial charge in [0.2, 0.25) is 0 Å². The lowest BCUT2D eigenvalue weighted by Crippen LogP contribution is -2.28. The highest BCUT2D eigenvalue weighted by Crippen LogP contribution is 2.45. The number of hydrogen-bond donors (Lipinski definition) is 3. The Balaban J connectivity index is 1.70. The Bertz CT molecular complexity index is 1240. The summed E-state index contributed by atoms with van der Waals surface area (Å²) in [7, 11) is 0. The van der Waals surface area contributed by atoms with Crippen molar-refractivity contribution in [2.75, 3.05) is 0 Å². The van der Waals surface area contributed by atoms with Crippen LogP contribution in [0.4, 0.5) is 0 Å². The Labute approximate surface area is 172 Å². The number of nitrogens with one attached hydrogen (secondary N) is 1. The molecule has 0 saturated heterocycles. The molecule has 1 amide bonds. The lowest BCUT2D eigenvalue weighted by Gasteiger charge is -2.25. The Hall–Kier alpha value is -4.00. The molecule has 2 aromatic heterocycles. The summed E-state index contributed by atoms with van der Waals surface area (Å²) in [5.41, 5.74) is 3.79. The van der Waals surface area contributed by atoms with Crippen LogP contribution < -0.4 is 0 Å². The Morgan fingerprint density at radius 3 is 2.77 bits per heavy atom. The number of carbonyl (C=O) groups is 1. The van der Waals surface area contributed by atoms with E-state index in [0.29, 0.717) is 28.3 Å². The second kappa shape index (κ2) is 6.81. The van der Waals surface area contributed by atoms with Crippen molar-refractivity contribution >= 4 is 5.91 Å². The number of phenolic OH excluding ortho intramolecular Hbond substituents is 2. The summed E-state index contributed by atoms with van der Waals surface area (Å²) < 4.78 is 5.47. The molecule has 0 radical (unpaired) electrons. The topological polar surface area (TPSA) is 103 Å². The van der Waals surface area contributed by atoms with Gasteiger partial charge in [0, 0.05) is 11.1 Å². The molecule has 0 aliphatic carbocycles. The summed E-state index contributed by atoms with van der Waals surface area (Å²) >= 11 is 0.